The van der Waals surface area contributed by atoms with E-state index in [1.807, 2.05) is 0 Å². The first kappa shape index (κ1) is 7.10. The van der Waals surface area contributed by atoms with Gasteiger partial charge in [-0.05, 0) is 0 Å². The highest BCUT2D eigenvalue weighted by atomic mass is 32.3. The minimum atomic E-state index is -4.68. The molecular weight excluding hydrogens is 146 g/mol. The number of nitrogens with one attached hydrogen (secondary N) is 1. The molecule has 0 bridgehead atoms. The first-order valence-corrected chi connectivity index (χ1v) is 4.57. The highest BCUT2D eigenvalue weighted by Gasteiger charge is 2.43. The molecule has 56 valence electrons. The third kappa shape index (κ3) is 1.12. The Kier molecular flexibility index (Phi) is 1.20. The van der Waals surface area contributed by atoms with Gasteiger partial charge in [-0.3, -0.25) is 5.32 Å². The lowest BCUT2D eigenvalue weighted by molar-refractivity contribution is 0.194. The molecule has 9 heavy (non-hydrogen) atoms. The molecule has 4 N–H and O–H groups in total. The normalized spacial score (nSPS) is 43.4. The van der Waals surface area contributed by atoms with E-state index in [0.717, 1.165) is 0 Å². The Morgan fingerprint density at radius 1 is 1.56 bits per heavy atom. The number of hydrogen-bond acceptors (Lipinski definition) is 3. The standard InChI is InChI=1S/C3H9NO4S/c5-3-4-1-2-9(3,6,7)8/h3-5H,1-2H2,(H2,6,7,8). The second kappa shape index (κ2) is 1.53. The van der Waals surface area contributed by atoms with E-state index in [1.165, 1.54) is 0 Å². The van der Waals surface area contributed by atoms with E-state index >= 15 is 0 Å². The van der Waals surface area contributed by atoms with Crippen LogP contribution in [0.3, 0.4) is 0 Å². The zero-order valence-electron chi connectivity index (χ0n) is 4.65. The van der Waals surface area contributed by atoms with Crippen LogP contribution in [-0.4, -0.2) is 36.3 Å². The molecule has 1 fully saturated rings. The summed E-state index contributed by atoms with van der Waals surface area (Å²) < 4.78 is 28.2. The Hall–Kier alpha value is -0.0100. The zero-order valence-corrected chi connectivity index (χ0v) is 5.47. The van der Waals surface area contributed by atoms with Gasteiger partial charge in [-0.25, -0.2) is 4.21 Å². The summed E-state index contributed by atoms with van der Waals surface area (Å²) in [7, 11) is -4.68. The molecule has 0 aromatic heterocycles. The number of hydrogen-bond donors (Lipinski definition) is 4. The van der Waals surface area contributed by atoms with Crippen LogP contribution in [0.25, 0.3) is 0 Å². The van der Waals surface area contributed by atoms with Crippen LogP contribution < -0.4 is 5.32 Å². The molecule has 0 aromatic rings. The quantitative estimate of drug-likeness (QED) is 0.346. The maximum atomic E-state index is 10.7. The van der Waals surface area contributed by atoms with Crippen LogP contribution >= 0.6 is 0 Å². The summed E-state index contributed by atoms with van der Waals surface area (Å²) in [6.45, 7) is 0.166. The van der Waals surface area contributed by atoms with Crippen molar-refractivity contribution in [3.05, 3.63) is 0 Å². The van der Waals surface area contributed by atoms with E-state index in [2.05, 4.69) is 5.32 Å². The van der Waals surface area contributed by atoms with Crippen molar-refractivity contribution in [3.8, 4) is 0 Å². The van der Waals surface area contributed by atoms with Gasteiger partial charge in [0.05, 0.1) is 5.75 Å². The van der Waals surface area contributed by atoms with Gasteiger partial charge in [0.2, 0.25) is 5.56 Å². The smallest absolute Gasteiger partial charge is 0.206 e. The molecular formula is C3H9NO4S. The van der Waals surface area contributed by atoms with Crippen LogP contribution in [0.1, 0.15) is 0 Å². The van der Waals surface area contributed by atoms with E-state index in [0.29, 0.717) is 0 Å². The monoisotopic (exact) mass is 155 g/mol. The summed E-state index contributed by atoms with van der Waals surface area (Å²) in [6.07, 6.45) is 0. The van der Waals surface area contributed by atoms with Gasteiger partial charge in [0.1, 0.15) is 9.63 Å². The molecule has 1 unspecified atom stereocenters. The van der Waals surface area contributed by atoms with E-state index in [-0.39, 0.29) is 12.3 Å². The van der Waals surface area contributed by atoms with Crippen molar-refractivity contribution in [2.75, 3.05) is 12.3 Å². The minimum Gasteiger partial charge on any atom is -0.365 e. The maximum Gasteiger partial charge on any atom is 0.206 e. The summed E-state index contributed by atoms with van der Waals surface area (Å²) >= 11 is 0. The van der Waals surface area contributed by atoms with Crippen molar-refractivity contribution < 1.29 is 18.4 Å². The van der Waals surface area contributed by atoms with Crippen LogP contribution in [0, 0.1) is 0 Å². The van der Waals surface area contributed by atoms with Gasteiger partial charge >= 0.3 is 0 Å². The second-order valence-electron chi connectivity index (χ2n) is 2.09. The van der Waals surface area contributed by atoms with Crippen molar-refractivity contribution >= 4 is 9.63 Å². The molecule has 1 aliphatic rings. The molecule has 1 rings (SSSR count). The van der Waals surface area contributed by atoms with Crippen molar-refractivity contribution in [1.82, 2.24) is 5.32 Å². The molecule has 1 saturated heterocycles. The summed E-state index contributed by atoms with van der Waals surface area (Å²) in [5.41, 5.74) is -1.68. The van der Waals surface area contributed by atoms with E-state index in [1.54, 1.807) is 0 Å². The minimum absolute atomic E-state index is 0.166. The molecule has 5 nitrogen and oxygen atoms in total. The van der Waals surface area contributed by atoms with Crippen LogP contribution in [-0.2, 0) is 9.63 Å². The number of aliphatic hydroxyl groups excluding tert-OH is 1. The van der Waals surface area contributed by atoms with Crippen molar-refractivity contribution in [2.45, 2.75) is 5.56 Å². The maximum absolute atomic E-state index is 10.7. The first-order valence-electron chi connectivity index (χ1n) is 2.46. The summed E-state index contributed by atoms with van der Waals surface area (Å²) in [5, 5.41) is 10.9. The summed E-state index contributed by atoms with van der Waals surface area (Å²) in [4.78, 5) is 0. The molecule has 1 atom stereocenters. The molecule has 0 amide bonds. The molecule has 0 saturated carbocycles. The average molecular weight is 155 g/mol. The SMILES string of the molecule is O=S1(O)(O)CCNC1O. The van der Waals surface area contributed by atoms with Crippen LogP contribution in [0.5, 0.6) is 0 Å². The van der Waals surface area contributed by atoms with Crippen molar-refractivity contribution in [2.24, 2.45) is 0 Å². The van der Waals surface area contributed by atoms with E-state index < -0.39 is 15.2 Å². The van der Waals surface area contributed by atoms with Crippen LogP contribution in [0.2, 0.25) is 0 Å². The lowest BCUT2D eigenvalue weighted by atomic mass is 10.8. The Morgan fingerprint density at radius 2 is 2.11 bits per heavy atom. The summed E-state index contributed by atoms with van der Waals surface area (Å²) in [5.74, 6) is -0.293. The molecule has 1 aliphatic heterocycles. The van der Waals surface area contributed by atoms with Gasteiger partial charge in [0.15, 0.2) is 0 Å². The highest BCUT2D eigenvalue weighted by molar-refractivity contribution is 8.10. The zero-order chi connectivity index (χ0) is 7.15. The van der Waals surface area contributed by atoms with Gasteiger partial charge in [-0.2, -0.15) is 0 Å². The number of aliphatic hydroxyl groups is 1. The molecule has 0 aromatic carbocycles. The van der Waals surface area contributed by atoms with Crippen molar-refractivity contribution in [1.29, 1.82) is 0 Å². The predicted molar refractivity (Wildman–Crippen MR) is 32.3 cm³/mol. The molecule has 0 radical (unpaired) electrons. The topological polar surface area (TPSA) is 89.8 Å². The van der Waals surface area contributed by atoms with Crippen molar-refractivity contribution in [3.63, 3.8) is 0 Å². The Balaban J connectivity index is 2.94. The first-order chi connectivity index (χ1) is 3.90. The molecule has 0 spiro atoms. The molecule has 0 aliphatic carbocycles. The third-order valence-electron chi connectivity index (χ3n) is 1.25. The van der Waals surface area contributed by atoms with Gasteiger partial charge in [-0.15, -0.1) is 0 Å². The van der Waals surface area contributed by atoms with Crippen LogP contribution in [0.4, 0.5) is 0 Å². The fraction of sp³-hybridized carbons (Fsp3) is 1.00. The Bertz CT molecular complexity index is 184. The second-order valence-corrected chi connectivity index (χ2v) is 5.11. The largest absolute Gasteiger partial charge is 0.365 e. The fourth-order valence-electron chi connectivity index (χ4n) is 0.653. The molecule has 1 heterocycles. The van der Waals surface area contributed by atoms with Gasteiger partial charge in [0.25, 0.3) is 0 Å². The summed E-state index contributed by atoms with van der Waals surface area (Å²) in [6, 6.07) is 0. The predicted octanol–water partition coefficient (Wildman–Crippen LogP) is -1.37. The third-order valence-corrected chi connectivity index (χ3v) is 3.29. The fourth-order valence-corrected chi connectivity index (χ4v) is 1.83. The van der Waals surface area contributed by atoms with Gasteiger partial charge < -0.3 is 14.2 Å². The number of rotatable bonds is 0. The van der Waals surface area contributed by atoms with Gasteiger partial charge in [0, 0.05) is 6.54 Å². The highest BCUT2D eigenvalue weighted by Crippen LogP contribution is 2.23. The van der Waals surface area contributed by atoms with E-state index in [9.17, 15) is 4.21 Å². The van der Waals surface area contributed by atoms with E-state index in [4.69, 9.17) is 14.2 Å². The molecule has 6 heteroatoms. The lowest BCUT2D eigenvalue weighted by Crippen LogP contribution is -2.44. The Morgan fingerprint density at radius 3 is 2.22 bits per heavy atom. The van der Waals surface area contributed by atoms with Crippen LogP contribution in [0.15, 0.2) is 0 Å². The Labute approximate surface area is 52.1 Å². The lowest BCUT2D eigenvalue weighted by Gasteiger charge is -2.27. The average Bonchev–Trinajstić information content (AvgIpc) is 1.82. The van der Waals surface area contributed by atoms with Gasteiger partial charge in [-0.1, -0.05) is 0 Å².